The van der Waals surface area contributed by atoms with Crippen molar-refractivity contribution >= 4 is 38.3 Å². The molecule has 8 heteroatoms. The lowest BCUT2D eigenvalue weighted by atomic mass is 9.94. The molecule has 0 aromatic heterocycles. The molecule has 1 aliphatic heterocycles. The van der Waals surface area contributed by atoms with Crippen LogP contribution in [0, 0.1) is 5.82 Å². The van der Waals surface area contributed by atoms with Gasteiger partial charge in [0.05, 0.1) is 4.90 Å². The van der Waals surface area contributed by atoms with Gasteiger partial charge in [0, 0.05) is 12.7 Å². The molecule has 4 rings (SSSR count). The fourth-order valence-corrected chi connectivity index (χ4v) is 4.69. The Morgan fingerprint density at radius 3 is 2.39 bits per heavy atom. The second kappa shape index (κ2) is 6.42. The lowest BCUT2D eigenvalue weighted by Crippen LogP contribution is -2.45. The van der Waals surface area contributed by atoms with Crippen molar-refractivity contribution in [1.82, 2.24) is 4.31 Å². The number of carbonyl (C=O) groups excluding carboxylic acids is 2. The van der Waals surface area contributed by atoms with Crippen LogP contribution in [0.2, 0.25) is 0 Å². The minimum Gasteiger partial charge on any atom is -0.325 e. The summed E-state index contributed by atoms with van der Waals surface area (Å²) in [6.07, 6.45) is 0. The van der Waals surface area contributed by atoms with E-state index in [9.17, 15) is 22.4 Å². The highest BCUT2D eigenvalue weighted by atomic mass is 32.2. The van der Waals surface area contributed by atoms with Crippen molar-refractivity contribution in [2.24, 2.45) is 0 Å². The molecule has 3 aromatic rings. The molecule has 1 unspecified atom stereocenters. The third-order valence-corrected chi connectivity index (χ3v) is 6.55. The highest BCUT2D eigenvalue weighted by Crippen LogP contribution is 2.37. The minimum absolute atomic E-state index is 0.0901. The summed E-state index contributed by atoms with van der Waals surface area (Å²) in [6, 6.07) is 15.3. The molecule has 0 saturated carbocycles. The maximum absolute atomic E-state index is 13.4. The van der Waals surface area contributed by atoms with Crippen molar-refractivity contribution in [3.05, 3.63) is 72.0 Å². The van der Waals surface area contributed by atoms with Crippen molar-refractivity contribution in [2.45, 2.75) is 10.8 Å². The standard InChI is InChI=1S/C20H15FN2O4S/c1-23-20(25)18(19(24)22-15-8-4-7-14(21)11-15)16-9-12-5-2-3-6-13(12)10-17(16)28(23,26)27/h2-11,18H,1H3,(H,22,24). The number of hydrogen-bond acceptors (Lipinski definition) is 4. The van der Waals surface area contributed by atoms with Gasteiger partial charge in [-0.1, -0.05) is 30.3 Å². The minimum atomic E-state index is -4.06. The second-order valence-electron chi connectivity index (χ2n) is 6.48. The Hall–Kier alpha value is -3.26. The van der Waals surface area contributed by atoms with Gasteiger partial charge < -0.3 is 5.32 Å². The van der Waals surface area contributed by atoms with Crippen LogP contribution in [-0.2, 0) is 19.6 Å². The molecule has 1 aliphatic rings. The fourth-order valence-electron chi connectivity index (χ4n) is 3.30. The number of benzene rings is 3. The van der Waals surface area contributed by atoms with E-state index in [0.29, 0.717) is 15.1 Å². The van der Waals surface area contributed by atoms with Gasteiger partial charge >= 0.3 is 0 Å². The van der Waals surface area contributed by atoms with Crippen LogP contribution in [0.4, 0.5) is 10.1 Å². The summed E-state index contributed by atoms with van der Waals surface area (Å²) in [7, 11) is -2.94. The molecule has 0 saturated heterocycles. The number of likely N-dealkylation sites (N-methyl/N-ethyl adjacent to an activating group) is 1. The Labute approximate surface area is 160 Å². The maximum atomic E-state index is 13.4. The number of carbonyl (C=O) groups is 2. The van der Waals surface area contributed by atoms with Crippen LogP contribution >= 0.6 is 0 Å². The van der Waals surface area contributed by atoms with Crippen LogP contribution in [-0.4, -0.2) is 31.6 Å². The number of nitrogens with zero attached hydrogens (tertiary/aromatic N) is 1. The van der Waals surface area contributed by atoms with E-state index in [4.69, 9.17) is 0 Å². The molecule has 142 valence electrons. The number of nitrogens with one attached hydrogen (secondary N) is 1. The number of sulfonamides is 1. The van der Waals surface area contributed by atoms with Gasteiger partial charge in [0.2, 0.25) is 5.91 Å². The largest absolute Gasteiger partial charge is 0.325 e. The topological polar surface area (TPSA) is 83.6 Å². The first-order valence-electron chi connectivity index (χ1n) is 8.41. The van der Waals surface area contributed by atoms with Gasteiger partial charge in [-0.05, 0) is 46.7 Å². The molecule has 1 N–H and O–H groups in total. The smallest absolute Gasteiger partial charge is 0.266 e. The van der Waals surface area contributed by atoms with Crippen molar-refractivity contribution in [2.75, 3.05) is 12.4 Å². The Balaban J connectivity index is 1.87. The summed E-state index contributed by atoms with van der Waals surface area (Å²) in [5.41, 5.74) is 0.284. The molecule has 6 nitrogen and oxygen atoms in total. The Morgan fingerprint density at radius 2 is 1.71 bits per heavy atom. The van der Waals surface area contributed by atoms with Gasteiger partial charge in [0.1, 0.15) is 11.7 Å². The number of amides is 2. The van der Waals surface area contributed by atoms with Crippen molar-refractivity contribution in [1.29, 1.82) is 0 Å². The lowest BCUT2D eigenvalue weighted by molar-refractivity contribution is -0.132. The van der Waals surface area contributed by atoms with Crippen molar-refractivity contribution < 1.29 is 22.4 Å². The first-order chi connectivity index (χ1) is 13.3. The molecule has 0 spiro atoms. The predicted molar refractivity (Wildman–Crippen MR) is 102 cm³/mol. The number of anilines is 1. The van der Waals surface area contributed by atoms with Gasteiger partial charge in [0.15, 0.2) is 0 Å². The van der Waals surface area contributed by atoms with Gasteiger partial charge in [0.25, 0.3) is 15.9 Å². The second-order valence-corrected chi connectivity index (χ2v) is 8.42. The van der Waals surface area contributed by atoms with Crippen molar-refractivity contribution in [3.8, 4) is 0 Å². The third kappa shape index (κ3) is 2.82. The fraction of sp³-hybridized carbons (Fsp3) is 0.100. The molecule has 1 atom stereocenters. The SMILES string of the molecule is CN1C(=O)C(C(=O)Nc2cccc(F)c2)c2cc3ccccc3cc2S1(=O)=O. The highest BCUT2D eigenvalue weighted by molar-refractivity contribution is 7.89. The normalized spacial score (nSPS) is 18.0. The van der Waals surface area contributed by atoms with E-state index in [0.717, 1.165) is 13.1 Å². The molecule has 28 heavy (non-hydrogen) atoms. The van der Waals surface area contributed by atoms with E-state index < -0.39 is 33.6 Å². The lowest BCUT2D eigenvalue weighted by Gasteiger charge is -2.30. The van der Waals surface area contributed by atoms with E-state index in [2.05, 4.69) is 5.32 Å². The zero-order chi connectivity index (χ0) is 20.1. The first-order valence-corrected chi connectivity index (χ1v) is 9.85. The first kappa shape index (κ1) is 18.1. The predicted octanol–water partition coefficient (Wildman–Crippen LogP) is 2.86. The van der Waals surface area contributed by atoms with E-state index >= 15 is 0 Å². The van der Waals surface area contributed by atoms with Crippen LogP contribution in [0.5, 0.6) is 0 Å². The molecule has 2 amide bonds. The summed E-state index contributed by atoms with van der Waals surface area (Å²) in [5, 5.41) is 3.88. The van der Waals surface area contributed by atoms with Gasteiger partial charge in [-0.15, -0.1) is 0 Å². The number of rotatable bonds is 2. The molecule has 0 aliphatic carbocycles. The maximum Gasteiger partial charge on any atom is 0.266 e. The zero-order valence-corrected chi connectivity index (χ0v) is 15.5. The summed E-state index contributed by atoms with van der Waals surface area (Å²) >= 11 is 0. The summed E-state index contributed by atoms with van der Waals surface area (Å²) in [6.45, 7) is 0. The van der Waals surface area contributed by atoms with Gasteiger partial charge in [-0.2, -0.15) is 0 Å². The van der Waals surface area contributed by atoms with Crippen molar-refractivity contribution in [3.63, 3.8) is 0 Å². The summed E-state index contributed by atoms with van der Waals surface area (Å²) in [5.74, 6) is -3.50. The Kier molecular flexibility index (Phi) is 4.15. The molecule has 1 heterocycles. The van der Waals surface area contributed by atoms with Crippen LogP contribution < -0.4 is 5.32 Å². The van der Waals surface area contributed by atoms with Crippen LogP contribution in [0.15, 0.2) is 65.6 Å². The van der Waals surface area contributed by atoms with E-state index in [1.54, 1.807) is 30.3 Å². The Morgan fingerprint density at radius 1 is 1.04 bits per heavy atom. The van der Waals surface area contributed by atoms with E-state index in [1.807, 2.05) is 0 Å². The Bertz CT molecular complexity index is 1240. The molecule has 3 aromatic carbocycles. The van der Waals surface area contributed by atoms with Gasteiger partial charge in [-0.3, -0.25) is 9.59 Å². The number of hydrogen-bond donors (Lipinski definition) is 1. The monoisotopic (exact) mass is 398 g/mol. The average Bonchev–Trinajstić information content (AvgIpc) is 2.66. The summed E-state index contributed by atoms with van der Waals surface area (Å²) < 4.78 is 39.5. The van der Waals surface area contributed by atoms with Gasteiger partial charge in [-0.25, -0.2) is 17.1 Å². The third-order valence-electron chi connectivity index (χ3n) is 4.74. The van der Waals surface area contributed by atoms with E-state index in [1.165, 1.54) is 24.3 Å². The van der Waals surface area contributed by atoms with Crippen LogP contribution in [0.25, 0.3) is 10.8 Å². The number of fused-ring (bicyclic) bond motifs is 2. The average molecular weight is 398 g/mol. The molecular formula is C20H15FN2O4S. The van der Waals surface area contributed by atoms with Crippen LogP contribution in [0.1, 0.15) is 11.5 Å². The van der Waals surface area contributed by atoms with E-state index in [-0.39, 0.29) is 16.1 Å². The van der Waals surface area contributed by atoms with Crippen LogP contribution in [0.3, 0.4) is 0 Å². The number of halogens is 1. The molecule has 0 radical (unpaired) electrons. The molecule has 0 fully saturated rings. The highest BCUT2D eigenvalue weighted by Gasteiger charge is 2.44. The summed E-state index contributed by atoms with van der Waals surface area (Å²) in [4.78, 5) is 25.5. The quantitative estimate of drug-likeness (QED) is 0.673. The zero-order valence-electron chi connectivity index (χ0n) is 14.7. The molecular weight excluding hydrogens is 383 g/mol. The molecule has 0 bridgehead atoms.